The molecule has 4 heteroatoms. The highest BCUT2D eigenvalue weighted by molar-refractivity contribution is 6.07. The Balaban J connectivity index is 2.31. The number of amides is 1. The smallest absolute Gasteiger partial charge is 0.259 e. The lowest BCUT2D eigenvalue weighted by Gasteiger charge is -2.12. The second-order valence-corrected chi connectivity index (χ2v) is 4.19. The molecule has 98 valence electrons. The molecule has 0 heterocycles. The van der Waals surface area contributed by atoms with Gasteiger partial charge >= 0.3 is 0 Å². The number of aryl methyl sites for hydroxylation is 1. The summed E-state index contributed by atoms with van der Waals surface area (Å²) in [5.74, 6) is 0.297. The molecule has 0 spiro atoms. The first-order valence-corrected chi connectivity index (χ1v) is 5.93. The van der Waals surface area contributed by atoms with Crippen LogP contribution in [0.1, 0.15) is 15.9 Å². The van der Waals surface area contributed by atoms with E-state index in [4.69, 9.17) is 10.5 Å². The minimum absolute atomic E-state index is 0.238. The molecule has 0 aliphatic carbocycles. The molecule has 0 unspecified atom stereocenters. The topological polar surface area (TPSA) is 64.3 Å². The number of nitrogens with two attached hydrogens (primary N) is 1. The summed E-state index contributed by atoms with van der Waals surface area (Å²) in [6, 6.07) is 12.6. The average Bonchev–Trinajstić information content (AvgIpc) is 2.42. The summed E-state index contributed by atoms with van der Waals surface area (Å²) in [7, 11) is 1.54. The number of hydrogen-bond acceptors (Lipinski definition) is 3. The van der Waals surface area contributed by atoms with Gasteiger partial charge in [-0.05, 0) is 30.7 Å². The molecule has 0 radical (unpaired) electrons. The van der Waals surface area contributed by atoms with Crippen LogP contribution in [0, 0.1) is 6.92 Å². The van der Waals surface area contributed by atoms with Crippen LogP contribution in [0.5, 0.6) is 5.75 Å². The van der Waals surface area contributed by atoms with Crippen molar-refractivity contribution < 1.29 is 9.53 Å². The van der Waals surface area contributed by atoms with Crippen LogP contribution >= 0.6 is 0 Å². The van der Waals surface area contributed by atoms with Gasteiger partial charge in [-0.3, -0.25) is 4.79 Å². The van der Waals surface area contributed by atoms with E-state index in [1.807, 2.05) is 25.1 Å². The zero-order valence-corrected chi connectivity index (χ0v) is 10.9. The Labute approximate surface area is 112 Å². The van der Waals surface area contributed by atoms with Gasteiger partial charge in [0.1, 0.15) is 5.75 Å². The fraction of sp³-hybridized carbons (Fsp3) is 0.133. The van der Waals surface area contributed by atoms with E-state index in [1.165, 1.54) is 7.11 Å². The van der Waals surface area contributed by atoms with E-state index in [2.05, 4.69) is 5.32 Å². The van der Waals surface area contributed by atoms with Crippen molar-refractivity contribution in [2.75, 3.05) is 18.2 Å². The van der Waals surface area contributed by atoms with E-state index >= 15 is 0 Å². The fourth-order valence-electron chi connectivity index (χ4n) is 1.87. The van der Waals surface area contributed by atoms with E-state index in [-0.39, 0.29) is 5.91 Å². The summed E-state index contributed by atoms with van der Waals surface area (Å²) in [5.41, 5.74) is 8.45. The van der Waals surface area contributed by atoms with Gasteiger partial charge < -0.3 is 15.8 Å². The van der Waals surface area contributed by atoms with Gasteiger partial charge in [0.25, 0.3) is 5.91 Å². The van der Waals surface area contributed by atoms with Crippen LogP contribution in [-0.4, -0.2) is 13.0 Å². The summed E-state index contributed by atoms with van der Waals surface area (Å²) in [5, 5.41) is 2.83. The van der Waals surface area contributed by atoms with Crippen LogP contribution in [0.4, 0.5) is 11.4 Å². The molecule has 0 saturated heterocycles. The molecular formula is C15H16N2O2. The lowest BCUT2D eigenvalue weighted by atomic mass is 10.1. The molecule has 2 rings (SSSR count). The predicted octanol–water partition coefficient (Wildman–Crippen LogP) is 2.84. The second-order valence-electron chi connectivity index (χ2n) is 4.19. The molecule has 0 aliphatic heterocycles. The van der Waals surface area contributed by atoms with E-state index < -0.39 is 0 Å². The number of nitrogens with one attached hydrogen (secondary N) is 1. The van der Waals surface area contributed by atoms with Crippen molar-refractivity contribution >= 4 is 17.3 Å². The summed E-state index contributed by atoms with van der Waals surface area (Å²) in [6.45, 7) is 1.90. The molecule has 1 amide bonds. The minimum Gasteiger partial charge on any atom is -0.496 e. The first-order chi connectivity index (χ1) is 9.13. The third-order valence-electron chi connectivity index (χ3n) is 2.90. The summed E-state index contributed by atoms with van der Waals surface area (Å²) in [6.07, 6.45) is 0. The number of nitrogen functional groups attached to an aromatic ring is 1. The van der Waals surface area contributed by atoms with Gasteiger partial charge in [-0.25, -0.2) is 0 Å². The summed E-state index contributed by atoms with van der Waals surface area (Å²) < 4.78 is 5.17. The number of ether oxygens (including phenoxy) is 1. The van der Waals surface area contributed by atoms with Crippen LogP contribution in [0.3, 0.4) is 0 Å². The van der Waals surface area contributed by atoms with Crippen LogP contribution < -0.4 is 15.8 Å². The highest BCUT2D eigenvalue weighted by Crippen LogP contribution is 2.25. The van der Waals surface area contributed by atoms with Gasteiger partial charge in [-0.15, -0.1) is 0 Å². The van der Waals surface area contributed by atoms with E-state index in [0.29, 0.717) is 22.7 Å². The molecule has 0 aromatic heterocycles. The van der Waals surface area contributed by atoms with Gasteiger partial charge in [0.15, 0.2) is 0 Å². The summed E-state index contributed by atoms with van der Waals surface area (Å²) in [4.78, 5) is 12.3. The zero-order valence-electron chi connectivity index (χ0n) is 10.9. The van der Waals surface area contributed by atoms with Crippen molar-refractivity contribution in [1.82, 2.24) is 0 Å². The largest absolute Gasteiger partial charge is 0.496 e. The van der Waals surface area contributed by atoms with Gasteiger partial charge in [-0.2, -0.15) is 0 Å². The van der Waals surface area contributed by atoms with Crippen molar-refractivity contribution in [3.05, 3.63) is 53.6 Å². The number of para-hydroxylation sites is 2. The van der Waals surface area contributed by atoms with Crippen LogP contribution in [0.25, 0.3) is 0 Å². The SMILES string of the molecule is COc1ccccc1C(=O)Nc1c(C)cccc1N. The molecule has 0 atom stereocenters. The van der Waals surface area contributed by atoms with Gasteiger partial charge in [0.05, 0.1) is 24.0 Å². The first kappa shape index (κ1) is 13.0. The molecule has 0 fully saturated rings. The average molecular weight is 256 g/mol. The Bertz CT molecular complexity index is 589. The maximum absolute atomic E-state index is 12.3. The zero-order chi connectivity index (χ0) is 13.8. The second kappa shape index (κ2) is 5.44. The lowest BCUT2D eigenvalue weighted by molar-refractivity contribution is 0.102. The number of rotatable bonds is 3. The number of carbonyl (C=O) groups excluding carboxylic acids is 1. The third kappa shape index (κ3) is 2.68. The standard InChI is InChI=1S/C15H16N2O2/c1-10-6-5-8-12(16)14(10)17-15(18)11-7-3-4-9-13(11)19-2/h3-9H,16H2,1-2H3,(H,17,18). The molecule has 0 bridgehead atoms. The molecular weight excluding hydrogens is 240 g/mol. The van der Waals surface area contributed by atoms with E-state index in [0.717, 1.165) is 5.56 Å². The molecule has 0 saturated carbocycles. The number of benzene rings is 2. The van der Waals surface area contributed by atoms with Crippen LogP contribution in [0.2, 0.25) is 0 Å². The Morgan fingerprint density at radius 2 is 1.89 bits per heavy atom. The highest BCUT2D eigenvalue weighted by Gasteiger charge is 2.13. The number of anilines is 2. The Kier molecular flexibility index (Phi) is 3.71. The molecule has 0 aliphatic rings. The van der Waals surface area contributed by atoms with Crippen molar-refractivity contribution in [2.24, 2.45) is 0 Å². The molecule has 2 aromatic rings. The van der Waals surface area contributed by atoms with Crippen molar-refractivity contribution in [3.8, 4) is 5.75 Å². The Hall–Kier alpha value is -2.49. The quantitative estimate of drug-likeness (QED) is 0.830. The number of carbonyl (C=O) groups is 1. The summed E-state index contributed by atoms with van der Waals surface area (Å²) >= 11 is 0. The normalized spacial score (nSPS) is 10.0. The van der Waals surface area contributed by atoms with Crippen LogP contribution in [0.15, 0.2) is 42.5 Å². The highest BCUT2D eigenvalue weighted by atomic mass is 16.5. The van der Waals surface area contributed by atoms with E-state index in [1.54, 1.807) is 24.3 Å². The number of hydrogen-bond donors (Lipinski definition) is 2. The van der Waals surface area contributed by atoms with Crippen LogP contribution in [-0.2, 0) is 0 Å². The van der Waals surface area contributed by atoms with E-state index in [9.17, 15) is 4.79 Å². The van der Waals surface area contributed by atoms with Gasteiger partial charge in [0.2, 0.25) is 0 Å². The third-order valence-corrected chi connectivity index (χ3v) is 2.90. The molecule has 4 nitrogen and oxygen atoms in total. The molecule has 3 N–H and O–H groups in total. The maximum atomic E-state index is 12.3. The first-order valence-electron chi connectivity index (χ1n) is 5.93. The Morgan fingerprint density at radius 3 is 2.58 bits per heavy atom. The van der Waals surface area contributed by atoms with Gasteiger partial charge in [-0.1, -0.05) is 24.3 Å². The molecule has 2 aromatic carbocycles. The Morgan fingerprint density at radius 1 is 1.16 bits per heavy atom. The van der Waals surface area contributed by atoms with Gasteiger partial charge in [0, 0.05) is 0 Å². The lowest BCUT2D eigenvalue weighted by Crippen LogP contribution is -2.15. The van der Waals surface area contributed by atoms with Crippen molar-refractivity contribution in [2.45, 2.75) is 6.92 Å². The monoisotopic (exact) mass is 256 g/mol. The maximum Gasteiger partial charge on any atom is 0.259 e. The van der Waals surface area contributed by atoms with Crippen molar-refractivity contribution in [3.63, 3.8) is 0 Å². The fourth-order valence-corrected chi connectivity index (χ4v) is 1.87. The molecule has 19 heavy (non-hydrogen) atoms. The minimum atomic E-state index is -0.238. The van der Waals surface area contributed by atoms with Crippen molar-refractivity contribution in [1.29, 1.82) is 0 Å². The predicted molar refractivity (Wildman–Crippen MR) is 76.5 cm³/mol. The number of methoxy groups -OCH3 is 1.